The van der Waals surface area contributed by atoms with E-state index in [2.05, 4.69) is 58.9 Å². The van der Waals surface area contributed by atoms with E-state index in [0.717, 1.165) is 18.7 Å². The molecule has 0 amide bonds. The van der Waals surface area contributed by atoms with Gasteiger partial charge in [-0.15, -0.1) is 27.7 Å². The van der Waals surface area contributed by atoms with Crippen LogP contribution in [0.5, 0.6) is 0 Å². The highest BCUT2D eigenvalue weighted by atomic mass is 31.0. The molecular weight excluding hydrogens is 225 g/mol. The minimum absolute atomic E-state index is 0.401. The van der Waals surface area contributed by atoms with Gasteiger partial charge in [0.05, 0.1) is 0 Å². The second-order valence-electron chi connectivity index (χ2n) is 4.14. The summed E-state index contributed by atoms with van der Waals surface area (Å²) < 4.78 is 0. The lowest BCUT2D eigenvalue weighted by atomic mass is 9.87. The molecule has 0 aromatic heterocycles. The zero-order valence-corrected chi connectivity index (χ0v) is 12.1. The molecule has 3 unspecified atom stereocenters. The van der Waals surface area contributed by atoms with E-state index in [4.69, 9.17) is 0 Å². The van der Waals surface area contributed by atoms with Crippen LogP contribution in [0.2, 0.25) is 0 Å². The van der Waals surface area contributed by atoms with E-state index in [1.54, 1.807) is 0 Å². The maximum atomic E-state index is 2.86. The highest BCUT2D eigenvalue weighted by Crippen LogP contribution is 2.27. The first-order chi connectivity index (χ1) is 6.59. The maximum absolute atomic E-state index is 2.86. The Hall–Kier alpha value is 0.510. The summed E-state index contributed by atoms with van der Waals surface area (Å²) in [6.07, 6.45) is 3.46. The molecule has 0 aliphatic heterocycles. The summed E-state index contributed by atoms with van der Waals surface area (Å²) in [4.78, 5) is 0. The van der Waals surface area contributed by atoms with E-state index in [-0.39, 0.29) is 0 Å². The van der Waals surface area contributed by atoms with Crippen molar-refractivity contribution in [3.05, 3.63) is 29.8 Å². The predicted octanol–water partition coefficient (Wildman–Crippen LogP) is 2.49. The minimum atomic E-state index is 0.401. The van der Waals surface area contributed by atoms with Gasteiger partial charge in [-0.1, -0.05) is 31.2 Å². The third-order valence-electron chi connectivity index (χ3n) is 2.60. The fourth-order valence-corrected chi connectivity index (χ4v) is 2.50. The summed E-state index contributed by atoms with van der Waals surface area (Å²) in [5, 5.41) is 1.26. The van der Waals surface area contributed by atoms with E-state index in [9.17, 15) is 0 Å². The molecule has 0 radical (unpaired) electrons. The van der Waals surface area contributed by atoms with Gasteiger partial charge < -0.3 is 0 Å². The second kappa shape index (κ2) is 5.55. The topological polar surface area (TPSA) is 0 Å². The average Bonchev–Trinajstić information content (AvgIpc) is 2.21. The molecule has 0 saturated carbocycles. The van der Waals surface area contributed by atoms with E-state index in [0.29, 0.717) is 5.41 Å². The molecule has 0 nitrogen and oxygen atoms in total. The standard InChI is InChI=1S/C11H19P3/c1-11(7-12,8-13)6-9-2-4-10(14)5-3-9/h2-5H,6-8,12-14H2,1H3. The van der Waals surface area contributed by atoms with Crippen LogP contribution in [-0.4, -0.2) is 12.3 Å². The van der Waals surface area contributed by atoms with Gasteiger partial charge in [-0.2, -0.15) is 0 Å². The number of hydrogen-bond donors (Lipinski definition) is 0. The fraction of sp³-hybridized carbons (Fsp3) is 0.455. The van der Waals surface area contributed by atoms with Gasteiger partial charge in [0.15, 0.2) is 0 Å². The van der Waals surface area contributed by atoms with E-state index >= 15 is 0 Å². The Kier molecular flexibility index (Phi) is 4.99. The van der Waals surface area contributed by atoms with Gasteiger partial charge in [0, 0.05) is 0 Å². The Morgan fingerprint density at radius 3 is 2.00 bits per heavy atom. The zero-order chi connectivity index (χ0) is 10.6. The molecular formula is C11H19P3. The zero-order valence-electron chi connectivity index (χ0n) is 8.66. The lowest BCUT2D eigenvalue weighted by Gasteiger charge is -2.26. The highest BCUT2D eigenvalue weighted by molar-refractivity contribution is 7.27. The molecule has 0 saturated heterocycles. The monoisotopic (exact) mass is 244 g/mol. The summed E-state index contributed by atoms with van der Waals surface area (Å²) in [7, 11) is 8.43. The molecule has 0 heterocycles. The van der Waals surface area contributed by atoms with Crippen molar-refractivity contribution in [1.29, 1.82) is 0 Å². The number of rotatable bonds is 4. The van der Waals surface area contributed by atoms with Crippen LogP contribution in [0.25, 0.3) is 0 Å². The lowest BCUT2D eigenvalue weighted by molar-refractivity contribution is 0.431. The predicted molar refractivity (Wildman–Crippen MR) is 76.8 cm³/mol. The molecule has 1 rings (SSSR count). The first-order valence-electron chi connectivity index (χ1n) is 4.84. The van der Waals surface area contributed by atoms with E-state index < -0.39 is 0 Å². The first-order valence-corrected chi connectivity index (χ1v) is 7.05. The quantitative estimate of drug-likeness (QED) is 0.714. The number of hydrogen-bond acceptors (Lipinski definition) is 0. The largest absolute Gasteiger partial charge is 0.137 e. The van der Waals surface area contributed by atoms with Gasteiger partial charge in [-0.25, -0.2) is 0 Å². The minimum Gasteiger partial charge on any atom is -0.137 e. The van der Waals surface area contributed by atoms with Crippen molar-refractivity contribution < 1.29 is 0 Å². The van der Waals surface area contributed by atoms with Gasteiger partial charge in [-0.05, 0) is 35.0 Å². The van der Waals surface area contributed by atoms with Gasteiger partial charge in [0.25, 0.3) is 0 Å². The van der Waals surface area contributed by atoms with Gasteiger partial charge in [-0.3, -0.25) is 0 Å². The lowest BCUT2D eigenvalue weighted by Crippen LogP contribution is -2.23. The van der Waals surface area contributed by atoms with Crippen LogP contribution in [0.3, 0.4) is 0 Å². The molecule has 1 aromatic rings. The van der Waals surface area contributed by atoms with Crippen molar-refractivity contribution in [2.75, 3.05) is 12.3 Å². The van der Waals surface area contributed by atoms with Crippen LogP contribution in [0.4, 0.5) is 0 Å². The summed E-state index contributed by atoms with van der Waals surface area (Å²) in [6, 6.07) is 8.76. The first kappa shape index (κ1) is 12.6. The van der Waals surface area contributed by atoms with Crippen LogP contribution in [-0.2, 0) is 6.42 Å². The molecule has 0 aliphatic rings. The van der Waals surface area contributed by atoms with Crippen molar-refractivity contribution in [3.63, 3.8) is 0 Å². The van der Waals surface area contributed by atoms with Crippen molar-refractivity contribution in [3.8, 4) is 0 Å². The van der Waals surface area contributed by atoms with Crippen molar-refractivity contribution >= 4 is 33.0 Å². The van der Waals surface area contributed by atoms with Crippen LogP contribution < -0.4 is 5.30 Å². The van der Waals surface area contributed by atoms with Gasteiger partial charge >= 0.3 is 0 Å². The summed E-state index contributed by atoms with van der Waals surface area (Å²) >= 11 is 0. The molecule has 0 bridgehead atoms. The normalized spacial score (nSPS) is 11.7. The summed E-state index contributed by atoms with van der Waals surface area (Å²) in [6.45, 7) is 2.33. The molecule has 0 spiro atoms. The molecule has 14 heavy (non-hydrogen) atoms. The third kappa shape index (κ3) is 3.58. The van der Waals surface area contributed by atoms with Crippen LogP contribution in [0, 0.1) is 5.41 Å². The Labute approximate surface area is 94.2 Å². The molecule has 3 atom stereocenters. The third-order valence-corrected chi connectivity index (χ3v) is 4.95. The molecule has 0 fully saturated rings. The Morgan fingerprint density at radius 2 is 1.57 bits per heavy atom. The van der Waals surface area contributed by atoms with Gasteiger partial charge in [0.1, 0.15) is 0 Å². The maximum Gasteiger partial charge on any atom is -0.0216 e. The summed E-state index contributed by atoms with van der Waals surface area (Å²) in [5.41, 5.74) is 1.83. The Morgan fingerprint density at radius 1 is 1.07 bits per heavy atom. The number of benzene rings is 1. The Balaban J connectivity index is 2.72. The van der Waals surface area contributed by atoms with Crippen molar-refractivity contribution in [2.45, 2.75) is 13.3 Å². The molecule has 78 valence electrons. The Bertz CT molecular complexity index is 275. The van der Waals surface area contributed by atoms with Gasteiger partial charge in [0.2, 0.25) is 0 Å². The van der Waals surface area contributed by atoms with Crippen LogP contribution in [0.15, 0.2) is 24.3 Å². The van der Waals surface area contributed by atoms with Crippen molar-refractivity contribution in [1.82, 2.24) is 0 Å². The molecule has 0 aliphatic carbocycles. The molecule has 1 aromatic carbocycles. The highest BCUT2D eigenvalue weighted by Gasteiger charge is 2.19. The SMILES string of the molecule is CC(CP)(CP)Cc1ccc(P)cc1. The van der Waals surface area contributed by atoms with Crippen LogP contribution in [0.1, 0.15) is 12.5 Å². The molecule has 3 heteroatoms. The van der Waals surface area contributed by atoms with E-state index in [1.807, 2.05) is 0 Å². The molecule has 0 N–H and O–H groups in total. The van der Waals surface area contributed by atoms with Crippen LogP contribution >= 0.6 is 27.7 Å². The second-order valence-corrected chi connectivity index (χ2v) is 5.62. The smallest absolute Gasteiger partial charge is 0.0216 e. The fourth-order valence-electron chi connectivity index (χ4n) is 1.36. The average molecular weight is 244 g/mol. The van der Waals surface area contributed by atoms with E-state index in [1.165, 1.54) is 10.9 Å². The summed E-state index contributed by atoms with van der Waals surface area (Å²) in [5.74, 6) is 0. The van der Waals surface area contributed by atoms with Crippen molar-refractivity contribution in [2.24, 2.45) is 5.41 Å².